The molecule has 0 spiro atoms. The van der Waals surface area contributed by atoms with Gasteiger partial charge in [0.2, 0.25) is 0 Å². The fourth-order valence-electron chi connectivity index (χ4n) is 2.36. The highest BCUT2D eigenvalue weighted by atomic mass is 79.9. The van der Waals surface area contributed by atoms with Gasteiger partial charge in [-0.15, -0.1) is 11.3 Å². The van der Waals surface area contributed by atoms with Crippen molar-refractivity contribution in [2.45, 2.75) is 32.1 Å². The number of aliphatic carboxylic acids is 1. The summed E-state index contributed by atoms with van der Waals surface area (Å²) in [4.78, 5) is 12.2. The smallest absolute Gasteiger partial charge is 0.306 e. The number of hydrogen-bond donors (Lipinski definition) is 1. The summed E-state index contributed by atoms with van der Waals surface area (Å²) in [7, 11) is 0. The van der Waals surface area contributed by atoms with Gasteiger partial charge in [-0.3, -0.25) is 4.79 Å². The topological polar surface area (TPSA) is 37.3 Å². The van der Waals surface area contributed by atoms with Crippen LogP contribution in [-0.4, -0.2) is 11.1 Å². The van der Waals surface area contributed by atoms with E-state index in [1.54, 1.807) is 11.3 Å². The molecule has 88 valence electrons. The second kappa shape index (κ2) is 5.32. The van der Waals surface area contributed by atoms with Crippen LogP contribution in [0.5, 0.6) is 0 Å². The van der Waals surface area contributed by atoms with Gasteiger partial charge in [0, 0.05) is 14.7 Å². The molecule has 1 fully saturated rings. The molecule has 0 aliphatic heterocycles. The van der Waals surface area contributed by atoms with Crippen molar-refractivity contribution in [1.29, 1.82) is 0 Å². The molecule has 1 aromatic rings. The molecule has 0 bridgehead atoms. The fraction of sp³-hybridized carbons (Fsp3) is 0.583. The predicted octanol–water partition coefficient (Wildman–Crippen LogP) is 3.94. The highest BCUT2D eigenvalue weighted by molar-refractivity contribution is 9.10. The Morgan fingerprint density at radius 3 is 2.62 bits per heavy atom. The second-order valence-electron chi connectivity index (χ2n) is 4.49. The average Bonchev–Trinajstić information content (AvgIpc) is 2.65. The molecule has 1 saturated carbocycles. The Balaban J connectivity index is 1.83. The van der Waals surface area contributed by atoms with Gasteiger partial charge in [-0.05, 0) is 60.0 Å². The molecule has 4 heteroatoms. The summed E-state index contributed by atoms with van der Waals surface area (Å²) in [5.41, 5.74) is 0. The first-order valence-electron chi connectivity index (χ1n) is 5.61. The SMILES string of the molecule is O=C(O)C1CCC(Cc2cc(Br)cs2)CC1. The Bertz CT molecular complexity index is 367. The summed E-state index contributed by atoms with van der Waals surface area (Å²) in [6.07, 6.45) is 4.95. The quantitative estimate of drug-likeness (QED) is 0.918. The van der Waals surface area contributed by atoms with Crippen LogP contribution in [0.25, 0.3) is 0 Å². The maximum Gasteiger partial charge on any atom is 0.306 e. The summed E-state index contributed by atoms with van der Waals surface area (Å²) < 4.78 is 1.16. The van der Waals surface area contributed by atoms with Crippen molar-refractivity contribution in [3.05, 3.63) is 20.8 Å². The Morgan fingerprint density at radius 1 is 1.44 bits per heavy atom. The molecule has 0 radical (unpaired) electrons. The van der Waals surface area contributed by atoms with E-state index in [0.29, 0.717) is 5.92 Å². The van der Waals surface area contributed by atoms with Gasteiger partial charge >= 0.3 is 5.97 Å². The van der Waals surface area contributed by atoms with E-state index in [1.807, 2.05) is 0 Å². The number of carbonyl (C=O) groups is 1. The molecule has 1 N–H and O–H groups in total. The van der Waals surface area contributed by atoms with E-state index in [9.17, 15) is 4.79 Å². The van der Waals surface area contributed by atoms with Gasteiger partial charge in [-0.1, -0.05) is 0 Å². The third-order valence-electron chi connectivity index (χ3n) is 3.31. The Labute approximate surface area is 108 Å². The van der Waals surface area contributed by atoms with Crippen LogP contribution in [0, 0.1) is 11.8 Å². The summed E-state index contributed by atoms with van der Waals surface area (Å²) >= 11 is 5.25. The second-order valence-corrected chi connectivity index (χ2v) is 6.40. The van der Waals surface area contributed by atoms with Crippen LogP contribution in [0.1, 0.15) is 30.6 Å². The van der Waals surface area contributed by atoms with E-state index in [-0.39, 0.29) is 5.92 Å². The molecule has 0 aromatic carbocycles. The number of carboxylic acid groups (broad SMARTS) is 1. The monoisotopic (exact) mass is 302 g/mol. The lowest BCUT2D eigenvalue weighted by atomic mass is 9.80. The number of carboxylic acids is 1. The van der Waals surface area contributed by atoms with E-state index in [0.717, 1.165) is 36.6 Å². The van der Waals surface area contributed by atoms with E-state index in [2.05, 4.69) is 27.4 Å². The normalized spacial score (nSPS) is 25.6. The maximum atomic E-state index is 10.8. The largest absolute Gasteiger partial charge is 0.481 e. The number of hydrogen-bond acceptors (Lipinski definition) is 2. The third-order valence-corrected chi connectivity index (χ3v) is 5.03. The van der Waals surface area contributed by atoms with Gasteiger partial charge in [0.15, 0.2) is 0 Å². The zero-order chi connectivity index (χ0) is 11.5. The molecule has 1 aliphatic rings. The molecule has 0 unspecified atom stereocenters. The number of thiophene rings is 1. The molecule has 16 heavy (non-hydrogen) atoms. The zero-order valence-electron chi connectivity index (χ0n) is 8.99. The molecule has 0 atom stereocenters. The first-order chi connectivity index (χ1) is 7.65. The first kappa shape index (κ1) is 12.1. The van der Waals surface area contributed by atoms with Crippen molar-refractivity contribution in [1.82, 2.24) is 0 Å². The molecular formula is C12H15BrO2S. The first-order valence-corrected chi connectivity index (χ1v) is 7.28. The predicted molar refractivity (Wildman–Crippen MR) is 68.8 cm³/mol. The Kier molecular flexibility index (Phi) is 4.03. The molecule has 2 rings (SSSR count). The minimum Gasteiger partial charge on any atom is -0.481 e. The number of halogens is 1. The van der Waals surface area contributed by atoms with E-state index < -0.39 is 5.97 Å². The van der Waals surface area contributed by atoms with E-state index >= 15 is 0 Å². The zero-order valence-corrected chi connectivity index (χ0v) is 11.4. The molecule has 1 aliphatic carbocycles. The summed E-state index contributed by atoms with van der Waals surface area (Å²) in [6.45, 7) is 0. The molecule has 0 amide bonds. The van der Waals surface area contributed by atoms with Crippen LogP contribution in [0.15, 0.2) is 15.9 Å². The number of rotatable bonds is 3. The van der Waals surface area contributed by atoms with Crippen molar-refractivity contribution in [3.63, 3.8) is 0 Å². The van der Waals surface area contributed by atoms with Gasteiger partial charge in [0.1, 0.15) is 0 Å². The standard InChI is InChI=1S/C12H15BrO2S/c13-10-6-11(16-7-10)5-8-1-3-9(4-2-8)12(14)15/h6-9H,1-5H2,(H,14,15). The lowest BCUT2D eigenvalue weighted by Crippen LogP contribution is -2.22. The van der Waals surface area contributed by atoms with Gasteiger partial charge in [-0.2, -0.15) is 0 Å². The molecule has 2 nitrogen and oxygen atoms in total. The van der Waals surface area contributed by atoms with Crippen LogP contribution < -0.4 is 0 Å². The van der Waals surface area contributed by atoms with Crippen LogP contribution in [-0.2, 0) is 11.2 Å². The Morgan fingerprint density at radius 2 is 2.12 bits per heavy atom. The highest BCUT2D eigenvalue weighted by Gasteiger charge is 2.26. The lowest BCUT2D eigenvalue weighted by Gasteiger charge is -2.25. The summed E-state index contributed by atoms with van der Waals surface area (Å²) in [5.74, 6) is -0.0233. The van der Waals surface area contributed by atoms with Crippen molar-refractivity contribution in [2.75, 3.05) is 0 Å². The summed E-state index contributed by atoms with van der Waals surface area (Å²) in [5, 5.41) is 11.0. The summed E-state index contributed by atoms with van der Waals surface area (Å²) in [6, 6.07) is 2.17. The van der Waals surface area contributed by atoms with Crippen LogP contribution in [0.2, 0.25) is 0 Å². The minimum absolute atomic E-state index is 0.0914. The fourth-order valence-corrected chi connectivity index (χ4v) is 3.93. The molecular weight excluding hydrogens is 288 g/mol. The van der Waals surface area contributed by atoms with Crippen molar-refractivity contribution < 1.29 is 9.90 Å². The van der Waals surface area contributed by atoms with Crippen molar-refractivity contribution >= 4 is 33.2 Å². The Hall–Kier alpha value is -0.350. The van der Waals surface area contributed by atoms with Gasteiger partial charge in [0.05, 0.1) is 5.92 Å². The molecule has 0 saturated heterocycles. The van der Waals surface area contributed by atoms with E-state index in [1.165, 1.54) is 4.88 Å². The third kappa shape index (κ3) is 3.08. The van der Waals surface area contributed by atoms with Gasteiger partial charge in [-0.25, -0.2) is 0 Å². The van der Waals surface area contributed by atoms with Gasteiger partial charge < -0.3 is 5.11 Å². The van der Waals surface area contributed by atoms with Crippen LogP contribution in [0.3, 0.4) is 0 Å². The lowest BCUT2D eigenvalue weighted by molar-refractivity contribution is -0.143. The maximum absolute atomic E-state index is 10.8. The van der Waals surface area contributed by atoms with Crippen molar-refractivity contribution in [2.24, 2.45) is 11.8 Å². The molecule has 1 aromatic heterocycles. The molecule has 1 heterocycles. The van der Waals surface area contributed by atoms with E-state index in [4.69, 9.17) is 5.11 Å². The van der Waals surface area contributed by atoms with Crippen LogP contribution in [0.4, 0.5) is 0 Å². The van der Waals surface area contributed by atoms with Crippen molar-refractivity contribution in [3.8, 4) is 0 Å². The highest BCUT2D eigenvalue weighted by Crippen LogP contribution is 2.33. The minimum atomic E-state index is -0.614. The average molecular weight is 303 g/mol. The van der Waals surface area contributed by atoms with Gasteiger partial charge in [0.25, 0.3) is 0 Å². The van der Waals surface area contributed by atoms with Crippen LogP contribution >= 0.6 is 27.3 Å².